The molecule has 0 aliphatic heterocycles. The molecule has 8 heteroatoms. The van der Waals surface area contributed by atoms with Crippen LogP contribution in [-0.4, -0.2) is 35.1 Å². The first-order valence-corrected chi connectivity index (χ1v) is 10.9. The molecule has 4 aromatic rings. The van der Waals surface area contributed by atoms with Crippen LogP contribution in [-0.2, 0) is 6.54 Å². The number of methoxy groups -OCH3 is 2. The van der Waals surface area contributed by atoms with E-state index >= 15 is 0 Å². The molecule has 0 bridgehead atoms. The Morgan fingerprint density at radius 3 is 2.53 bits per heavy atom. The average Bonchev–Trinajstić information content (AvgIpc) is 2.86. The Morgan fingerprint density at radius 1 is 0.971 bits per heavy atom. The normalized spacial score (nSPS) is 10.6. The molecular formula is C26H23ClN4O3. The van der Waals surface area contributed by atoms with Gasteiger partial charge in [0.2, 0.25) is 0 Å². The van der Waals surface area contributed by atoms with Gasteiger partial charge in [-0.15, -0.1) is 0 Å². The number of carbonyl (C=O) groups excluding carboxylic acids is 1. The maximum atomic E-state index is 13.3. The number of pyridine rings is 3. The Labute approximate surface area is 202 Å². The van der Waals surface area contributed by atoms with Crippen LogP contribution < -0.4 is 14.8 Å². The zero-order valence-corrected chi connectivity index (χ0v) is 19.8. The van der Waals surface area contributed by atoms with Gasteiger partial charge in [-0.05, 0) is 48.9 Å². The smallest absolute Gasteiger partial charge is 0.257 e. The van der Waals surface area contributed by atoms with E-state index < -0.39 is 0 Å². The van der Waals surface area contributed by atoms with Gasteiger partial charge in [0.05, 0.1) is 37.7 Å². The van der Waals surface area contributed by atoms with Crippen molar-refractivity contribution in [3.8, 4) is 34.0 Å². The molecule has 1 amide bonds. The number of nitrogens with zero attached hydrogens (tertiary/aromatic N) is 3. The maximum Gasteiger partial charge on any atom is 0.257 e. The van der Waals surface area contributed by atoms with E-state index in [0.29, 0.717) is 33.6 Å². The highest BCUT2D eigenvalue weighted by molar-refractivity contribution is 6.30. The molecule has 1 aromatic carbocycles. The van der Waals surface area contributed by atoms with E-state index in [4.69, 9.17) is 21.1 Å². The summed E-state index contributed by atoms with van der Waals surface area (Å²) in [6.45, 7) is 2.17. The summed E-state index contributed by atoms with van der Waals surface area (Å²) < 4.78 is 10.5. The van der Waals surface area contributed by atoms with Gasteiger partial charge in [-0.3, -0.25) is 14.8 Å². The Bertz CT molecular complexity index is 1340. The number of amides is 1. The van der Waals surface area contributed by atoms with Gasteiger partial charge in [-0.2, -0.15) is 0 Å². The first kappa shape index (κ1) is 23.2. The molecule has 0 spiro atoms. The van der Waals surface area contributed by atoms with Crippen molar-refractivity contribution >= 4 is 17.5 Å². The van der Waals surface area contributed by atoms with Crippen LogP contribution in [0, 0.1) is 6.92 Å². The lowest BCUT2D eigenvalue weighted by atomic mass is 10.0. The number of halogens is 1. The van der Waals surface area contributed by atoms with Crippen molar-refractivity contribution < 1.29 is 14.3 Å². The highest BCUT2D eigenvalue weighted by atomic mass is 35.5. The van der Waals surface area contributed by atoms with Crippen LogP contribution in [0.3, 0.4) is 0 Å². The van der Waals surface area contributed by atoms with Crippen molar-refractivity contribution in [2.75, 3.05) is 14.2 Å². The number of aromatic nitrogens is 3. The molecule has 7 nitrogen and oxygen atoms in total. The van der Waals surface area contributed by atoms with E-state index in [1.807, 2.05) is 31.2 Å². The lowest BCUT2D eigenvalue weighted by Crippen LogP contribution is -2.24. The first-order valence-electron chi connectivity index (χ1n) is 10.5. The molecule has 0 fully saturated rings. The number of benzene rings is 1. The van der Waals surface area contributed by atoms with Crippen LogP contribution in [0.5, 0.6) is 11.6 Å². The van der Waals surface area contributed by atoms with Crippen molar-refractivity contribution in [1.29, 1.82) is 0 Å². The minimum absolute atomic E-state index is 0.199. The SMILES string of the molecule is COc1ccc(CNC(=O)c2cc(-c3cncc(C)c3)cnc2-c2cccc(Cl)c2)nc1OC. The van der Waals surface area contributed by atoms with Crippen molar-refractivity contribution in [1.82, 2.24) is 20.3 Å². The molecule has 3 heterocycles. The Kier molecular flexibility index (Phi) is 7.04. The number of aryl methyl sites for hydroxylation is 1. The highest BCUT2D eigenvalue weighted by Crippen LogP contribution is 2.29. The minimum atomic E-state index is -0.290. The standard InChI is InChI=1S/C26H23ClN4O3/c1-16-9-18(13-28-12-16)19-11-22(24(29-14-19)17-5-4-6-20(27)10-17)25(32)30-15-21-7-8-23(33-2)26(31-21)34-3/h4-14H,15H2,1-3H3,(H,30,32). The molecule has 0 saturated heterocycles. The summed E-state index contributed by atoms with van der Waals surface area (Å²) in [6.07, 6.45) is 5.26. The third kappa shape index (κ3) is 5.15. The fourth-order valence-corrected chi connectivity index (χ4v) is 3.70. The van der Waals surface area contributed by atoms with Crippen molar-refractivity contribution in [2.24, 2.45) is 0 Å². The zero-order chi connectivity index (χ0) is 24.1. The Balaban J connectivity index is 1.68. The first-order chi connectivity index (χ1) is 16.5. The number of hydrogen-bond acceptors (Lipinski definition) is 6. The van der Waals surface area contributed by atoms with E-state index in [0.717, 1.165) is 22.3 Å². The number of hydrogen-bond donors (Lipinski definition) is 1. The molecule has 0 aliphatic rings. The molecule has 0 aliphatic carbocycles. The van der Waals surface area contributed by atoms with Gasteiger partial charge in [0, 0.05) is 40.3 Å². The van der Waals surface area contributed by atoms with Gasteiger partial charge in [0.25, 0.3) is 11.8 Å². The lowest BCUT2D eigenvalue weighted by Gasteiger charge is -2.13. The molecule has 172 valence electrons. The second-order valence-electron chi connectivity index (χ2n) is 7.58. The average molecular weight is 475 g/mol. The molecule has 0 unspecified atom stereocenters. The van der Waals surface area contributed by atoms with E-state index in [1.165, 1.54) is 7.11 Å². The van der Waals surface area contributed by atoms with E-state index in [1.54, 1.807) is 50.0 Å². The maximum absolute atomic E-state index is 13.3. The van der Waals surface area contributed by atoms with Crippen LogP contribution in [0.15, 0.2) is 67.1 Å². The second-order valence-corrected chi connectivity index (χ2v) is 8.01. The summed E-state index contributed by atoms with van der Waals surface area (Å²) in [4.78, 5) is 26.6. The number of ether oxygens (including phenoxy) is 2. The zero-order valence-electron chi connectivity index (χ0n) is 19.0. The Morgan fingerprint density at radius 2 is 1.79 bits per heavy atom. The van der Waals surface area contributed by atoms with Crippen LogP contribution in [0.25, 0.3) is 22.4 Å². The monoisotopic (exact) mass is 474 g/mol. The van der Waals surface area contributed by atoms with Crippen molar-refractivity contribution in [2.45, 2.75) is 13.5 Å². The third-order valence-corrected chi connectivity index (χ3v) is 5.40. The predicted octanol–water partition coefficient (Wildman–Crippen LogP) is 5.11. The van der Waals surface area contributed by atoms with E-state index in [2.05, 4.69) is 20.3 Å². The molecule has 3 aromatic heterocycles. The van der Waals surface area contributed by atoms with E-state index in [-0.39, 0.29) is 12.5 Å². The summed E-state index contributed by atoms with van der Waals surface area (Å²) >= 11 is 6.20. The Hall–Kier alpha value is -3.97. The summed E-state index contributed by atoms with van der Waals surface area (Å²) in [7, 11) is 3.06. The van der Waals surface area contributed by atoms with Gasteiger partial charge >= 0.3 is 0 Å². The van der Waals surface area contributed by atoms with Crippen molar-refractivity contribution in [3.05, 3.63) is 89.0 Å². The number of carbonyl (C=O) groups is 1. The van der Waals surface area contributed by atoms with Crippen LogP contribution in [0.4, 0.5) is 0 Å². The molecule has 0 radical (unpaired) electrons. The molecular weight excluding hydrogens is 452 g/mol. The fraction of sp³-hybridized carbons (Fsp3) is 0.154. The third-order valence-electron chi connectivity index (χ3n) is 5.17. The topological polar surface area (TPSA) is 86.2 Å². The highest BCUT2D eigenvalue weighted by Gasteiger charge is 2.17. The summed E-state index contributed by atoms with van der Waals surface area (Å²) in [5, 5.41) is 3.49. The molecule has 1 N–H and O–H groups in total. The summed E-state index contributed by atoms with van der Waals surface area (Å²) in [6, 6.07) is 14.6. The minimum Gasteiger partial charge on any atom is -0.491 e. The summed E-state index contributed by atoms with van der Waals surface area (Å²) in [5.74, 6) is 0.579. The largest absolute Gasteiger partial charge is 0.491 e. The van der Waals surface area contributed by atoms with Gasteiger partial charge < -0.3 is 14.8 Å². The van der Waals surface area contributed by atoms with Gasteiger partial charge in [-0.25, -0.2) is 4.98 Å². The van der Waals surface area contributed by atoms with E-state index in [9.17, 15) is 4.79 Å². The lowest BCUT2D eigenvalue weighted by molar-refractivity contribution is 0.0950. The number of rotatable bonds is 7. The quantitative estimate of drug-likeness (QED) is 0.400. The predicted molar refractivity (Wildman–Crippen MR) is 131 cm³/mol. The molecule has 0 saturated carbocycles. The summed E-state index contributed by atoms with van der Waals surface area (Å²) in [5.41, 5.74) is 5.00. The molecule has 34 heavy (non-hydrogen) atoms. The van der Waals surface area contributed by atoms with Crippen molar-refractivity contribution in [3.63, 3.8) is 0 Å². The second kappa shape index (κ2) is 10.3. The number of nitrogens with one attached hydrogen (secondary N) is 1. The van der Waals surface area contributed by atoms with Crippen LogP contribution in [0.1, 0.15) is 21.6 Å². The molecule has 4 rings (SSSR count). The van der Waals surface area contributed by atoms with Gasteiger partial charge in [0.1, 0.15) is 0 Å². The van der Waals surface area contributed by atoms with Gasteiger partial charge in [0.15, 0.2) is 5.75 Å². The van der Waals surface area contributed by atoms with Crippen LogP contribution in [0.2, 0.25) is 5.02 Å². The fourth-order valence-electron chi connectivity index (χ4n) is 3.51. The van der Waals surface area contributed by atoms with Crippen LogP contribution >= 0.6 is 11.6 Å². The van der Waals surface area contributed by atoms with Gasteiger partial charge in [-0.1, -0.05) is 23.7 Å². The molecule has 0 atom stereocenters.